The molecule has 0 saturated carbocycles. The van der Waals surface area contributed by atoms with Gasteiger partial charge in [-0.25, -0.2) is 0 Å². The number of carbonyl (C=O) groups is 2. The molecule has 1 amide bonds. The van der Waals surface area contributed by atoms with Crippen molar-refractivity contribution in [3.63, 3.8) is 0 Å². The van der Waals surface area contributed by atoms with E-state index in [1.54, 1.807) is 35.9 Å². The molecule has 0 aliphatic heterocycles. The summed E-state index contributed by atoms with van der Waals surface area (Å²) >= 11 is 1.62. The van der Waals surface area contributed by atoms with E-state index in [-0.39, 0.29) is 16.9 Å². The van der Waals surface area contributed by atoms with E-state index in [0.717, 1.165) is 20.5 Å². The van der Waals surface area contributed by atoms with Gasteiger partial charge in [-0.15, -0.1) is 11.3 Å². The molecule has 37 heavy (non-hydrogen) atoms. The maximum absolute atomic E-state index is 12.8. The quantitative estimate of drug-likeness (QED) is 0.204. The van der Waals surface area contributed by atoms with Crippen molar-refractivity contribution in [1.82, 2.24) is 5.32 Å². The molecule has 0 radical (unpaired) electrons. The van der Waals surface area contributed by atoms with Crippen molar-refractivity contribution < 1.29 is 32.2 Å². The number of benzene rings is 3. The molecule has 1 aromatic heterocycles. The number of halogens is 3. The fourth-order valence-corrected chi connectivity index (χ4v) is 4.77. The first-order valence-electron chi connectivity index (χ1n) is 11.1. The molecule has 0 aliphatic rings. The molecule has 0 fully saturated rings. The summed E-state index contributed by atoms with van der Waals surface area (Å²) in [5.41, 5.74) is 1.81. The molecule has 0 aliphatic carbocycles. The first-order valence-corrected chi connectivity index (χ1v) is 11.9. The van der Waals surface area contributed by atoms with Gasteiger partial charge in [0.15, 0.2) is 5.78 Å². The number of rotatable bonds is 8. The molecule has 9 heteroatoms. The normalized spacial score (nSPS) is 11.6. The highest BCUT2D eigenvalue weighted by Crippen LogP contribution is 2.41. The Morgan fingerprint density at radius 2 is 1.59 bits per heavy atom. The highest BCUT2D eigenvalue weighted by atomic mass is 32.1. The molecule has 4 aromatic rings. The number of methoxy groups -OCH3 is 2. The third-order valence-electron chi connectivity index (χ3n) is 5.54. The van der Waals surface area contributed by atoms with Crippen molar-refractivity contribution in [2.24, 2.45) is 0 Å². The minimum atomic E-state index is -4.50. The summed E-state index contributed by atoms with van der Waals surface area (Å²) in [4.78, 5) is 25.6. The van der Waals surface area contributed by atoms with Crippen LogP contribution < -0.4 is 14.8 Å². The van der Waals surface area contributed by atoms with Crippen LogP contribution >= 0.6 is 11.3 Å². The molecule has 0 bridgehead atoms. The zero-order valence-electron chi connectivity index (χ0n) is 19.9. The van der Waals surface area contributed by atoms with E-state index in [0.29, 0.717) is 17.1 Å². The maximum atomic E-state index is 12.8. The molecule has 190 valence electrons. The van der Waals surface area contributed by atoms with Gasteiger partial charge in [-0.2, -0.15) is 13.2 Å². The van der Waals surface area contributed by atoms with Gasteiger partial charge in [0, 0.05) is 37.9 Å². The Bertz CT molecular complexity index is 1440. The van der Waals surface area contributed by atoms with Gasteiger partial charge < -0.3 is 14.8 Å². The number of ketones is 1. The second-order valence-corrected chi connectivity index (χ2v) is 9.10. The number of alkyl halides is 3. The highest BCUT2D eigenvalue weighted by molar-refractivity contribution is 7.22. The Labute approximate surface area is 215 Å². The second-order valence-electron chi connectivity index (χ2n) is 8.02. The van der Waals surface area contributed by atoms with E-state index < -0.39 is 18.6 Å². The monoisotopic (exact) mass is 525 g/mol. The van der Waals surface area contributed by atoms with E-state index in [4.69, 9.17) is 9.47 Å². The van der Waals surface area contributed by atoms with E-state index in [1.165, 1.54) is 37.5 Å². The predicted octanol–water partition coefficient (Wildman–Crippen LogP) is 6.77. The van der Waals surface area contributed by atoms with Crippen LogP contribution in [0.4, 0.5) is 13.2 Å². The number of ether oxygens (including phenoxy) is 2. The van der Waals surface area contributed by atoms with E-state index in [2.05, 4.69) is 6.07 Å². The molecule has 0 saturated heterocycles. The number of allylic oxidation sites excluding steroid dienone is 1. The summed E-state index contributed by atoms with van der Waals surface area (Å²) in [6.45, 7) is -1.43. The Kier molecular flexibility index (Phi) is 7.63. The van der Waals surface area contributed by atoms with Crippen LogP contribution in [0.3, 0.4) is 0 Å². The zero-order valence-corrected chi connectivity index (χ0v) is 20.7. The van der Waals surface area contributed by atoms with Gasteiger partial charge in [-0.1, -0.05) is 30.3 Å². The maximum Gasteiger partial charge on any atom is 0.405 e. The van der Waals surface area contributed by atoms with Crippen LogP contribution in [0.5, 0.6) is 11.5 Å². The average Bonchev–Trinajstić information content (AvgIpc) is 3.33. The molecule has 0 atom stereocenters. The van der Waals surface area contributed by atoms with Gasteiger partial charge >= 0.3 is 6.18 Å². The van der Waals surface area contributed by atoms with E-state index in [1.807, 2.05) is 30.3 Å². The Balaban J connectivity index is 1.57. The van der Waals surface area contributed by atoms with Crippen molar-refractivity contribution in [2.75, 3.05) is 20.8 Å². The van der Waals surface area contributed by atoms with Crippen LogP contribution in [0.1, 0.15) is 26.3 Å². The van der Waals surface area contributed by atoms with Gasteiger partial charge in [0.1, 0.15) is 18.0 Å². The van der Waals surface area contributed by atoms with Crippen molar-refractivity contribution in [2.45, 2.75) is 6.18 Å². The van der Waals surface area contributed by atoms with Crippen LogP contribution in [0.15, 0.2) is 72.8 Å². The number of nitrogens with one attached hydrogen (secondary N) is 1. The Morgan fingerprint density at radius 3 is 2.24 bits per heavy atom. The number of amides is 1. The van der Waals surface area contributed by atoms with Gasteiger partial charge in [-0.3, -0.25) is 9.59 Å². The van der Waals surface area contributed by atoms with Crippen molar-refractivity contribution >= 4 is 39.2 Å². The van der Waals surface area contributed by atoms with Crippen LogP contribution in [0, 0.1) is 0 Å². The van der Waals surface area contributed by atoms with Gasteiger partial charge in [-0.05, 0) is 47.9 Å². The zero-order chi connectivity index (χ0) is 26.6. The first-order chi connectivity index (χ1) is 17.7. The van der Waals surface area contributed by atoms with E-state index >= 15 is 0 Å². The predicted molar refractivity (Wildman–Crippen MR) is 139 cm³/mol. The van der Waals surface area contributed by atoms with Crippen molar-refractivity contribution in [3.8, 4) is 21.9 Å². The molecular weight excluding hydrogens is 503 g/mol. The summed E-state index contributed by atoms with van der Waals surface area (Å²) in [6, 6.07) is 19.2. The van der Waals surface area contributed by atoms with Crippen molar-refractivity contribution in [1.29, 1.82) is 0 Å². The lowest BCUT2D eigenvalue weighted by atomic mass is 10.0. The van der Waals surface area contributed by atoms with Gasteiger partial charge in [0.25, 0.3) is 5.91 Å². The minimum Gasteiger partial charge on any atom is -0.496 e. The molecule has 5 nitrogen and oxygen atoms in total. The third kappa shape index (κ3) is 6.18. The summed E-state index contributed by atoms with van der Waals surface area (Å²) in [6.07, 6.45) is -1.51. The molecule has 1 heterocycles. The third-order valence-corrected chi connectivity index (χ3v) is 6.69. The van der Waals surface area contributed by atoms with Gasteiger partial charge in [0.05, 0.1) is 14.2 Å². The summed E-state index contributed by atoms with van der Waals surface area (Å²) in [5, 5.41) is 2.91. The number of hydrogen-bond donors (Lipinski definition) is 1. The molecular formula is C28H22F3NO4S. The van der Waals surface area contributed by atoms with Crippen LogP contribution in [-0.2, 0) is 0 Å². The minimum absolute atomic E-state index is 0.0228. The molecule has 1 N–H and O–H groups in total. The topological polar surface area (TPSA) is 64.6 Å². The standard InChI is InChI=1S/C28H22F3NO4S/c1-35-23-15-24(36-2)21(26-14-20-5-3-4-6-25(20)37-26)13-19(23)11-12-22(33)17-7-9-18(10-8-17)27(34)32-16-28(29,30)31/h3-15H,16H2,1-2H3,(H,32,34). The first kappa shape index (κ1) is 26.0. The van der Waals surface area contributed by atoms with Gasteiger partial charge in [0.2, 0.25) is 0 Å². The fourth-order valence-electron chi connectivity index (χ4n) is 3.69. The summed E-state index contributed by atoms with van der Waals surface area (Å²) in [7, 11) is 3.10. The number of fused-ring (bicyclic) bond motifs is 1. The van der Waals surface area contributed by atoms with Crippen LogP contribution in [0.2, 0.25) is 0 Å². The lowest BCUT2D eigenvalue weighted by Crippen LogP contribution is -2.33. The molecule has 3 aromatic carbocycles. The number of carbonyl (C=O) groups excluding carboxylic acids is 2. The lowest BCUT2D eigenvalue weighted by Gasteiger charge is -2.12. The number of hydrogen-bond acceptors (Lipinski definition) is 5. The molecule has 0 unspecified atom stereocenters. The van der Waals surface area contributed by atoms with E-state index in [9.17, 15) is 22.8 Å². The Hall–Kier alpha value is -4.11. The molecule has 4 rings (SSSR count). The largest absolute Gasteiger partial charge is 0.496 e. The average molecular weight is 526 g/mol. The summed E-state index contributed by atoms with van der Waals surface area (Å²) < 4.78 is 49.2. The van der Waals surface area contributed by atoms with Crippen LogP contribution in [0.25, 0.3) is 26.6 Å². The smallest absolute Gasteiger partial charge is 0.405 e. The SMILES string of the molecule is COc1cc(OC)c(-c2cc3ccccc3s2)cc1C=CC(=O)c1ccc(C(=O)NCC(F)(F)F)cc1. The highest BCUT2D eigenvalue weighted by Gasteiger charge is 2.27. The Morgan fingerprint density at radius 1 is 0.919 bits per heavy atom. The second kappa shape index (κ2) is 10.9. The lowest BCUT2D eigenvalue weighted by molar-refractivity contribution is -0.123. The van der Waals surface area contributed by atoms with Crippen LogP contribution in [-0.4, -0.2) is 38.6 Å². The number of thiophene rings is 1. The summed E-state index contributed by atoms with van der Waals surface area (Å²) in [5.74, 6) is -0.0687. The molecule has 0 spiro atoms. The van der Waals surface area contributed by atoms with Crippen molar-refractivity contribution in [3.05, 3.63) is 89.5 Å². The fraction of sp³-hybridized carbons (Fsp3) is 0.143.